The van der Waals surface area contributed by atoms with Crippen LogP contribution in [0.25, 0.3) is 6.08 Å². The van der Waals surface area contributed by atoms with Crippen molar-refractivity contribution in [1.29, 1.82) is 0 Å². The van der Waals surface area contributed by atoms with Crippen LogP contribution in [0, 0.1) is 0 Å². The molecule has 0 bridgehead atoms. The molecule has 35 heavy (non-hydrogen) atoms. The Hall–Kier alpha value is -4.17. The summed E-state index contributed by atoms with van der Waals surface area (Å²) in [5.41, 5.74) is 1.61. The Balaban J connectivity index is 1.57. The van der Waals surface area contributed by atoms with Gasteiger partial charge in [-0.2, -0.15) is 0 Å². The summed E-state index contributed by atoms with van der Waals surface area (Å²) in [4.78, 5) is 39.2. The summed E-state index contributed by atoms with van der Waals surface area (Å²) in [6, 6.07) is 20.6. The molecule has 4 amide bonds. The molecule has 1 heterocycles. The van der Waals surface area contributed by atoms with Crippen molar-refractivity contribution in [2.45, 2.75) is 6.61 Å². The maximum atomic E-state index is 13.2. The van der Waals surface area contributed by atoms with E-state index in [1.54, 1.807) is 48.5 Å². The van der Waals surface area contributed by atoms with Gasteiger partial charge in [0.05, 0.1) is 5.69 Å². The number of carbonyl (C=O) groups excluding carboxylic acids is 3. The molecule has 1 fully saturated rings. The average Bonchev–Trinajstić information content (AvgIpc) is 2.86. The molecule has 3 aromatic carbocycles. The van der Waals surface area contributed by atoms with Gasteiger partial charge in [-0.3, -0.25) is 14.9 Å². The highest BCUT2D eigenvalue weighted by molar-refractivity contribution is 9.10. The number of rotatable bonds is 8. The van der Waals surface area contributed by atoms with E-state index < -0.39 is 17.8 Å². The van der Waals surface area contributed by atoms with Crippen LogP contribution in [0.4, 0.5) is 10.5 Å². The number of hydrogen-bond donors (Lipinski definition) is 1. The minimum atomic E-state index is -0.826. The first-order valence-corrected chi connectivity index (χ1v) is 11.5. The Labute approximate surface area is 210 Å². The van der Waals surface area contributed by atoms with Crippen molar-refractivity contribution < 1.29 is 23.9 Å². The van der Waals surface area contributed by atoms with Gasteiger partial charge in [0, 0.05) is 10.0 Å². The van der Waals surface area contributed by atoms with E-state index in [2.05, 4.69) is 27.8 Å². The van der Waals surface area contributed by atoms with Crippen LogP contribution < -0.4 is 19.7 Å². The fraction of sp³-hybridized carbons (Fsp3) is 0.0741. The molecule has 0 aliphatic carbocycles. The van der Waals surface area contributed by atoms with Crippen molar-refractivity contribution in [3.63, 3.8) is 0 Å². The number of urea groups is 1. The quantitative estimate of drug-likeness (QED) is 0.243. The summed E-state index contributed by atoms with van der Waals surface area (Å²) in [6.45, 7) is 4.26. The van der Waals surface area contributed by atoms with Crippen molar-refractivity contribution in [2.24, 2.45) is 0 Å². The van der Waals surface area contributed by atoms with E-state index in [9.17, 15) is 14.4 Å². The van der Waals surface area contributed by atoms with Crippen molar-refractivity contribution >= 4 is 45.5 Å². The Morgan fingerprint density at radius 3 is 2.40 bits per heavy atom. The first-order valence-electron chi connectivity index (χ1n) is 10.7. The number of nitrogens with zero attached hydrogens (tertiary/aromatic N) is 1. The highest BCUT2D eigenvalue weighted by Crippen LogP contribution is 2.29. The third-order valence-corrected chi connectivity index (χ3v) is 5.57. The van der Waals surface area contributed by atoms with Gasteiger partial charge >= 0.3 is 6.03 Å². The lowest BCUT2D eigenvalue weighted by atomic mass is 10.1. The summed E-state index contributed by atoms with van der Waals surface area (Å²) in [5, 5.41) is 2.23. The lowest BCUT2D eigenvalue weighted by molar-refractivity contribution is -0.122. The number of ether oxygens (including phenoxy) is 2. The van der Waals surface area contributed by atoms with Crippen LogP contribution in [0.1, 0.15) is 11.1 Å². The average molecular weight is 533 g/mol. The number of barbiturate groups is 1. The molecule has 0 aromatic heterocycles. The molecular weight excluding hydrogens is 512 g/mol. The van der Waals surface area contributed by atoms with Crippen molar-refractivity contribution in [2.75, 3.05) is 11.5 Å². The van der Waals surface area contributed by atoms with E-state index in [0.717, 1.165) is 14.9 Å². The molecular formula is C27H21BrN2O5. The number of halogens is 1. The van der Waals surface area contributed by atoms with Crippen molar-refractivity contribution in [3.05, 3.63) is 107 Å². The molecule has 1 aliphatic heterocycles. The molecule has 0 unspecified atom stereocenters. The Kier molecular flexibility index (Phi) is 7.42. The van der Waals surface area contributed by atoms with E-state index in [0.29, 0.717) is 29.4 Å². The number of imide groups is 2. The van der Waals surface area contributed by atoms with Crippen LogP contribution in [0.3, 0.4) is 0 Å². The van der Waals surface area contributed by atoms with Crippen LogP contribution in [-0.4, -0.2) is 24.5 Å². The summed E-state index contributed by atoms with van der Waals surface area (Å²) in [6.07, 6.45) is 2.99. The molecule has 4 rings (SSSR count). The topological polar surface area (TPSA) is 84.9 Å². The summed E-state index contributed by atoms with van der Waals surface area (Å²) in [7, 11) is 0. The second-order valence-corrected chi connectivity index (χ2v) is 8.42. The first-order chi connectivity index (χ1) is 17.0. The predicted octanol–water partition coefficient (Wildman–Crippen LogP) is 5.26. The second-order valence-electron chi connectivity index (χ2n) is 7.51. The highest BCUT2D eigenvalue weighted by atomic mass is 79.9. The molecule has 1 N–H and O–H groups in total. The normalized spacial score (nSPS) is 14.6. The molecule has 1 aliphatic rings. The molecule has 0 radical (unpaired) electrons. The SMILES string of the molecule is C=CCOc1ccc(Br)cc1/C=C1\C(=O)NC(=O)N(c2ccc(OCc3ccccc3)cc2)C1=O. The predicted molar refractivity (Wildman–Crippen MR) is 136 cm³/mol. The molecule has 7 nitrogen and oxygen atoms in total. The number of amides is 4. The van der Waals surface area contributed by atoms with E-state index in [4.69, 9.17) is 9.47 Å². The van der Waals surface area contributed by atoms with Gasteiger partial charge in [-0.1, -0.05) is 58.9 Å². The Bertz CT molecular complexity index is 1300. The standard InChI is InChI=1S/C27H21BrN2O5/c1-2-14-34-24-13-8-20(28)15-19(24)16-23-25(31)29-27(33)30(26(23)32)21-9-11-22(12-10-21)35-17-18-6-4-3-5-7-18/h2-13,15-16H,1,14,17H2,(H,29,31,33)/b23-16+. The Morgan fingerprint density at radius 1 is 0.943 bits per heavy atom. The van der Waals surface area contributed by atoms with Gasteiger partial charge in [-0.15, -0.1) is 0 Å². The summed E-state index contributed by atoms with van der Waals surface area (Å²) < 4.78 is 12.1. The molecule has 0 saturated carbocycles. The van der Waals surface area contributed by atoms with Crippen LogP contribution >= 0.6 is 15.9 Å². The minimum absolute atomic E-state index is 0.199. The van der Waals surface area contributed by atoms with Crippen LogP contribution in [-0.2, 0) is 16.2 Å². The van der Waals surface area contributed by atoms with E-state index in [-0.39, 0.29) is 12.2 Å². The Morgan fingerprint density at radius 2 is 1.69 bits per heavy atom. The zero-order valence-corrected chi connectivity index (χ0v) is 20.2. The zero-order valence-electron chi connectivity index (χ0n) is 18.6. The third-order valence-electron chi connectivity index (χ3n) is 5.07. The number of carbonyl (C=O) groups is 3. The molecule has 0 atom stereocenters. The van der Waals surface area contributed by atoms with Gasteiger partial charge in [0.15, 0.2) is 0 Å². The molecule has 3 aromatic rings. The smallest absolute Gasteiger partial charge is 0.335 e. The van der Waals surface area contributed by atoms with Gasteiger partial charge in [0.25, 0.3) is 11.8 Å². The number of hydrogen-bond acceptors (Lipinski definition) is 5. The summed E-state index contributed by atoms with van der Waals surface area (Å²) >= 11 is 3.39. The minimum Gasteiger partial charge on any atom is -0.489 e. The highest BCUT2D eigenvalue weighted by Gasteiger charge is 2.37. The zero-order chi connectivity index (χ0) is 24.8. The molecule has 1 saturated heterocycles. The maximum Gasteiger partial charge on any atom is 0.335 e. The lowest BCUT2D eigenvalue weighted by Gasteiger charge is -2.26. The number of anilines is 1. The van der Waals surface area contributed by atoms with Crippen LogP contribution in [0.2, 0.25) is 0 Å². The molecule has 176 valence electrons. The number of nitrogens with one attached hydrogen (secondary N) is 1. The first kappa shape index (κ1) is 24.0. The van der Waals surface area contributed by atoms with Crippen LogP contribution in [0.15, 0.2) is 95.5 Å². The molecule has 8 heteroatoms. The second kappa shape index (κ2) is 10.8. The summed E-state index contributed by atoms with van der Waals surface area (Å²) in [5.74, 6) is -0.489. The van der Waals surface area contributed by atoms with Crippen molar-refractivity contribution in [3.8, 4) is 11.5 Å². The van der Waals surface area contributed by atoms with Gasteiger partial charge < -0.3 is 9.47 Å². The largest absolute Gasteiger partial charge is 0.489 e. The van der Waals surface area contributed by atoms with Gasteiger partial charge in [0.2, 0.25) is 0 Å². The molecule has 0 spiro atoms. The monoisotopic (exact) mass is 532 g/mol. The lowest BCUT2D eigenvalue weighted by Crippen LogP contribution is -2.54. The van der Waals surface area contributed by atoms with Gasteiger partial charge in [-0.05, 0) is 54.1 Å². The third kappa shape index (κ3) is 5.67. The maximum absolute atomic E-state index is 13.2. The van der Waals surface area contributed by atoms with E-state index in [1.165, 1.54) is 6.08 Å². The van der Waals surface area contributed by atoms with E-state index in [1.807, 2.05) is 30.3 Å². The fourth-order valence-corrected chi connectivity index (χ4v) is 3.77. The van der Waals surface area contributed by atoms with Crippen molar-refractivity contribution in [1.82, 2.24) is 5.32 Å². The van der Waals surface area contributed by atoms with Gasteiger partial charge in [0.1, 0.15) is 30.3 Å². The number of benzene rings is 3. The van der Waals surface area contributed by atoms with Gasteiger partial charge in [-0.25, -0.2) is 9.69 Å². The van der Waals surface area contributed by atoms with Crippen LogP contribution in [0.5, 0.6) is 11.5 Å². The van der Waals surface area contributed by atoms with E-state index >= 15 is 0 Å². The fourth-order valence-electron chi connectivity index (χ4n) is 3.39.